The van der Waals surface area contributed by atoms with E-state index in [1.54, 1.807) is 0 Å². The average Bonchev–Trinajstić information content (AvgIpc) is 3.59. The van der Waals surface area contributed by atoms with E-state index in [0.29, 0.717) is 12.5 Å². The molecule has 1 fully saturated rings. The van der Waals surface area contributed by atoms with Crippen LogP contribution in [0.15, 0.2) is 53.4 Å². The number of rotatable bonds is 8. The maximum atomic E-state index is 12.7. The van der Waals surface area contributed by atoms with Crippen LogP contribution in [0.1, 0.15) is 28.8 Å². The first-order valence-corrected chi connectivity index (χ1v) is 11.0. The molecule has 1 saturated carbocycles. The van der Waals surface area contributed by atoms with Crippen LogP contribution < -0.4 is 20.3 Å². The van der Waals surface area contributed by atoms with Gasteiger partial charge in [-0.2, -0.15) is 13.2 Å². The van der Waals surface area contributed by atoms with Crippen molar-refractivity contribution in [2.75, 3.05) is 13.2 Å². The van der Waals surface area contributed by atoms with Crippen LogP contribution in [0.3, 0.4) is 0 Å². The molecule has 2 aromatic rings. The SMILES string of the molecule is O=C(COc1cccc(C(F)(F)F)c1)NNC(=O)c1cccc(S(=O)(=O)NCC2CC2)c1. The normalized spacial score (nSPS) is 14.0. The topological polar surface area (TPSA) is 114 Å². The molecule has 3 rings (SSSR count). The van der Waals surface area contributed by atoms with Gasteiger partial charge in [0.1, 0.15) is 5.75 Å². The van der Waals surface area contributed by atoms with Crippen LogP contribution in [0.25, 0.3) is 0 Å². The number of nitrogens with one attached hydrogen (secondary N) is 3. The summed E-state index contributed by atoms with van der Waals surface area (Å²) in [6.45, 7) is -0.318. The summed E-state index contributed by atoms with van der Waals surface area (Å²) in [4.78, 5) is 24.0. The van der Waals surface area contributed by atoms with Crippen molar-refractivity contribution in [3.8, 4) is 5.75 Å². The Morgan fingerprint density at radius 3 is 2.44 bits per heavy atom. The van der Waals surface area contributed by atoms with Crippen LogP contribution in [0.4, 0.5) is 13.2 Å². The second kappa shape index (κ2) is 9.57. The van der Waals surface area contributed by atoms with Crippen LogP contribution >= 0.6 is 0 Å². The number of hydrogen-bond donors (Lipinski definition) is 3. The molecule has 1 aliphatic carbocycles. The average molecular weight is 471 g/mol. The van der Waals surface area contributed by atoms with Gasteiger partial charge in [0.05, 0.1) is 10.5 Å². The lowest BCUT2D eigenvalue weighted by Crippen LogP contribution is -2.43. The maximum Gasteiger partial charge on any atom is 0.416 e. The third kappa shape index (κ3) is 6.69. The number of alkyl halides is 3. The lowest BCUT2D eigenvalue weighted by molar-refractivity contribution is -0.137. The first-order chi connectivity index (χ1) is 15.0. The minimum atomic E-state index is -4.55. The molecule has 2 amide bonds. The molecule has 0 unspecified atom stereocenters. The largest absolute Gasteiger partial charge is 0.484 e. The molecular weight excluding hydrogens is 451 g/mol. The van der Waals surface area contributed by atoms with Crippen LogP contribution in [-0.4, -0.2) is 33.4 Å². The minimum Gasteiger partial charge on any atom is -0.484 e. The Morgan fingerprint density at radius 1 is 1.03 bits per heavy atom. The zero-order chi connectivity index (χ0) is 23.4. The van der Waals surface area contributed by atoms with E-state index in [9.17, 15) is 31.2 Å². The van der Waals surface area contributed by atoms with E-state index in [1.165, 1.54) is 24.3 Å². The molecule has 0 radical (unpaired) electrons. The fourth-order valence-electron chi connectivity index (χ4n) is 2.58. The van der Waals surface area contributed by atoms with Gasteiger partial charge in [-0.05, 0) is 55.2 Å². The highest BCUT2D eigenvalue weighted by Gasteiger charge is 2.30. The fourth-order valence-corrected chi connectivity index (χ4v) is 3.74. The molecule has 0 aliphatic heterocycles. The summed E-state index contributed by atoms with van der Waals surface area (Å²) in [6.07, 6.45) is -2.60. The van der Waals surface area contributed by atoms with Crippen molar-refractivity contribution in [1.29, 1.82) is 0 Å². The molecule has 8 nitrogen and oxygen atoms in total. The third-order valence-electron chi connectivity index (χ3n) is 4.51. The standard InChI is InChI=1S/C20H20F3N3O5S/c21-20(22,23)15-4-2-5-16(10-15)31-12-18(27)25-26-19(28)14-3-1-6-17(9-14)32(29,30)24-11-13-7-8-13/h1-6,9-10,13,24H,7-8,11-12H2,(H,25,27)(H,26,28). The van der Waals surface area contributed by atoms with Gasteiger partial charge in [-0.25, -0.2) is 13.1 Å². The summed E-state index contributed by atoms with van der Waals surface area (Å²) in [5.74, 6) is -1.44. The number of sulfonamides is 1. The van der Waals surface area contributed by atoms with Gasteiger partial charge in [0.25, 0.3) is 11.8 Å². The van der Waals surface area contributed by atoms with Crippen molar-refractivity contribution in [2.45, 2.75) is 23.9 Å². The number of hydrogen-bond acceptors (Lipinski definition) is 5. The highest BCUT2D eigenvalue weighted by Crippen LogP contribution is 2.31. The van der Waals surface area contributed by atoms with E-state index in [2.05, 4.69) is 15.6 Å². The lowest BCUT2D eigenvalue weighted by Gasteiger charge is -2.11. The van der Waals surface area contributed by atoms with E-state index in [1.807, 2.05) is 0 Å². The summed E-state index contributed by atoms with van der Waals surface area (Å²) in [7, 11) is -3.77. The highest BCUT2D eigenvalue weighted by molar-refractivity contribution is 7.89. The number of ether oxygens (including phenoxy) is 1. The van der Waals surface area contributed by atoms with Gasteiger partial charge in [0.2, 0.25) is 10.0 Å². The molecule has 3 N–H and O–H groups in total. The van der Waals surface area contributed by atoms with Crippen molar-refractivity contribution in [3.05, 3.63) is 59.7 Å². The van der Waals surface area contributed by atoms with E-state index in [-0.39, 0.29) is 16.2 Å². The van der Waals surface area contributed by atoms with Crippen molar-refractivity contribution < 1.29 is 35.9 Å². The summed E-state index contributed by atoms with van der Waals surface area (Å²) >= 11 is 0. The Balaban J connectivity index is 1.51. The molecular formula is C20H20F3N3O5S. The summed E-state index contributed by atoms with van der Waals surface area (Å²) in [5.41, 5.74) is 3.21. The molecule has 0 aromatic heterocycles. The minimum absolute atomic E-state index is 0.0154. The molecule has 172 valence electrons. The Morgan fingerprint density at radius 2 is 1.75 bits per heavy atom. The first-order valence-electron chi connectivity index (χ1n) is 9.53. The van der Waals surface area contributed by atoms with Crippen molar-refractivity contribution >= 4 is 21.8 Å². The predicted octanol–water partition coefficient (Wildman–Crippen LogP) is 2.23. The molecule has 0 heterocycles. The van der Waals surface area contributed by atoms with Crippen LogP contribution in [0, 0.1) is 5.92 Å². The van der Waals surface area contributed by atoms with Crippen LogP contribution in [0.5, 0.6) is 5.75 Å². The molecule has 12 heteroatoms. The monoisotopic (exact) mass is 471 g/mol. The molecule has 0 bridgehead atoms. The van der Waals surface area contributed by atoms with Crippen molar-refractivity contribution in [3.63, 3.8) is 0 Å². The van der Waals surface area contributed by atoms with Gasteiger partial charge in [-0.3, -0.25) is 20.4 Å². The lowest BCUT2D eigenvalue weighted by atomic mass is 10.2. The summed E-state index contributed by atoms with van der Waals surface area (Å²) in [5, 5.41) is 0. The zero-order valence-corrected chi connectivity index (χ0v) is 17.4. The van der Waals surface area contributed by atoms with Crippen LogP contribution in [-0.2, 0) is 21.0 Å². The quantitative estimate of drug-likeness (QED) is 0.511. The van der Waals surface area contributed by atoms with E-state index in [0.717, 1.165) is 37.1 Å². The van der Waals surface area contributed by atoms with E-state index in [4.69, 9.17) is 4.74 Å². The van der Waals surface area contributed by atoms with Gasteiger partial charge in [-0.1, -0.05) is 12.1 Å². The molecule has 0 spiro atoms. The molecule has 0 saturated heterocycles. The third-order valence-corrected chi connectivity index (χ3v) is 5.93. The second-order valence-corrected chi connectivity index (χ2v) is 8.91. The number of amides is 2. The second-order valence-electron chi connectivity index (χ2n) is 7.14. The smallest absolute Gasteiger partial charge is 0.416 e. The number of hydrazine groups is 1. The molecule has 0 atom stereocenters. The molecule has 32 heavy (non-hydrogen) atoms. The maximum absolute atomic E-state index is 12.7. The first kappa shape index (κ1) is 23.5. The summed E-state index contributed by atoms with van der Waals surface area (Å²) < 4.78 is 70.2. The number of carbonyl (C=O) groups is 2. The van der Waals surface area contributed by atoms with E-state index >= 15 is 0 Å². The van der Waals surface area contributed by atoms with Crippen molar-refractivity contribution in [1.82, 2.24) is 15.6 Å². The van der Waals surface area contributed by atoms with Gasteiger partial charge in [0, 0.05) is 12.1 Å². The summed E-state index contributed by atoms with van der Waals surface area (Å²) in [6, 6.07) is 9.25. The van der Waals surface area contributed by atoms with Crippen LogP contribution in [0.2, 0.25) is 0 Å². The fraction of sp³-hybridized carbons (Fsp3) is 0.300. The number of carbonyl (C=O) groups excluding carboxylic acids is 2. The van der Waals surface area contributed by atoms with Gasteiger partial charge in [-0.15, -0.1) is 0 Å². The van der Waals surface area contributed by atoms with Crippen molar-refractivity contribution in [2.24, 2.45) is 5.92 Å². The predicted molar refractivity (Wildman–Crippen MR) is 107 cm³/mol. The highest BCUT2D eigenvalue weighted by atomic mass is 32.2. The number of halogens is 3. The van der Waals surface area contributed by atoms with E-state index < -0.39 is 40.2 Å². The zero-order valence-electron chi connectivity index (χ0n) is 16.6. The molecule has 1 aliphatic rings. The Kier molecular flexibility index (Phi) is 7.04. The van der Waals surface area contributed by atoms with Gasteiger partial charge < -0.3 is 4.74 Å². The van der Waals surface area contributed by atoms with Gasteiger partial charge >= 0.3 is 6.18 Å². The van der Waals surface area contributed by atoms with Gasteiger partial charge in [0.15, 0.2) is 6.61 Å². The Labute approximate surface area is 182 Å². The Hall–Kier alpha value is -3.12. The number of benzene rings is 2. The molecule has 2 aromatic carbocycles. The Bertz CT molecular complexity index is 1100.